The van der Waals surface area contributed by atoms with E-state index in [1.54, 1.807) is 14.2 Å². The lowest BCUT2D eigenvalue weighted by atomic mass is 10.2. The number of hydrogen-bond donors (Lipinski definition) is 2. The summed E-state index contributed by atoms with van der Waals surface area (Å²) in [5.74, 6) is 1.62. The molecule has 0 aliphatic rings. The van der Waals surface area contributed by atoms with Crippen LogP contribution in [0.4, 0.5) is 0 Å². The topological polar surface area (TPSA) is 59.6 Å². The monoisotopic (exact) mass is 294 g/mol. The number of rotatable bonds is 10. The second kappa shape index (κ2) is 10.0. The first kappa shape index (κ1) is 17.3. The lowest BCUT2D eigenvalue weighted by Gasteiger charge is -2.13. The highest BCUT2D eigenvalue weighted by molar-refractivity contribution is 5.75. The Labute approximate surface area is 127 Å². The van der Waals surface area contributed by atoms with Crippen LogP contribution in [0.25, 0.3) is 0 Å². The van der Waals surface area contributed by atoms with Gasteiger partial charge in [0.25, 0.3) is 0 Å². The van der Waals surface area contributed by atoms with Crippen LogP contribution in [-0.4, -0.2) is 33.2 Å². The van der Waals surface area contributed by atoms with Crippen LogP contribution in [-0.2, 0) is 11.3 Å². The fourth-order valence-electron chi connectivity index (χ4n) is 1.88. The van der Waals surface area contributed by atoms with Gasteiger partial charge in [-0.25, -0.2) is 0 Å². The Morgan fingerprint density at radius 1 is 1.33 bits per heavy atom. The van der Waals surface area contributed by atoms with Crippen molar-refractivity contribution in [2.45, 2.75) is 32.7 Å². The highest BCUT2D eigenvalue weighted by atomic mass is 16.5. The molecule has 0 bridgehead atoms. The highest BCUT2D eigenvalue weighted by Gasteiger charge is 2.06. The van der Waals surface area contributed by atoms with Crippen LogP contribution in [0.15, 0.2) is 18.2 Å². The zero-order valence-corrected chi connectivity index (χ0v) is 13.2. The van der Waals surface area contributed by atoms with Crippen LogP contribution in [0.3, 0.4) is 0 Å². The molecule has 5 heteroatoms. The van der Waals surface area contributed by atoms with Crippen LogP contribution < -0.4 is 20.1 Å². The second-order valence-corrected chi connectivity index (χ2v) is 4.78. The number of benzene rings is 1. The highest BCUT2D eigenvalue weighted by Crippen LogP contribution is 2.25. The van der Waals surface area contributed by atoms with E-state index in [9.17, 15) is 4.79 Å². The first-order chi connectivity index (χ1) is 10.2. The van der Waals surface area contributed by atoms with Crippen molar-refractivity contribution in [1.29, 1.82) is 0 Å². The van der Waals surface area contributed by atoms with Crippen LogP contribution in [0.1, 0.15) is 31.7 Å². The van der Waals surface area contributed by atoms with Gasteiger partial charge in [-0.1, -0.05) is 13.0 Å². The molecule has 1 rings (SSSR count). The minimum Gasteiger partial charge on any atom is -0.497 e. The molecule has 0 aliphatic carbocycles. The zero-order chi connectivity index (χ0) is 15.5. The molecule has 0 radical (unpaired) electrons. The van der Waals surface area contributed by atoms with Crippen LogP contribution in [0.5, 0.6) is 11.5 Å². The van der Waals surface area contributed by atoms with E-state index in [0.717, 1.165) is 36.6 Å². The first-order valence-electron chi connectivity index (χ1n) is 7.42. The van der Waals surface area contributed by atoms with Gasteiger partial charge in [0.15, 0.2) is 0 Å². The summed E-state index contributed by atoms with van der Waals surface area (Å²) in [5.41, 5.74) is 1.10. The third-order valence-electron chi connectivity index (χ3n) is 3.10. The Balaban J connectivity index is 2.56. The van der Waals surface area contributed by atoms with Crippen LogP contribution in [0, 0.1) is 0 Å². The SMILES string of the molecule is CCCNCc1ccc(OC)cc1OCCCC(=O)NC. The number of methoxy groups -OCH3 is 1. The standard InChI is InChI=1S/C16H26N2O3/c1-4-9-18-12-13-7-8-14(20-3)11-15(13)21-10-5-6-16(19)17-2/h7-8,11,18H,4-6,9-10,12H2,1-3H3,(H,17,19). The maximum absolute atomic E-state index is 11.2. The van der Waals surface area contributed by atoms with E-state index in [1.165, 1.54) is 0 Å². The third kappa shape index (κ3) is 6.49. The largest absolute Gasteiger partial charge is 0.497 e. The summed E-state index contributed by atoms with van der Waals surface area (Å²) < 4.78 is 11.0. The molecule has 0 saturated heterocycles. The molecule has 118 valence electrons. The predicted octanol–water partition coefficient (Wildman–Crippen LogP) is 2.10. The van der Waals surface area contributed by atoms with Crippen molar-refractivity contribution in [3.8, 4) is 11.5 Å². The minimum absolute atomic E-state index is 0.0362. The van der Waals surface area contributed by atoms with Gasteiger partial charge >= 0.3 is 0 Å². The molecule has 0 unspecified atom stereocenters. The Morgan fingerprint density at radius 2 is 2.14 bits per heavy atom. The summed E-state index contributed by atoms with van der Waals surface area (Å²) in [5, 5.41) is 5.97. The van der Waals surface area contributed by atoms with E-state index in [1.807, 2.05) is 18.2 Å². The smallest absolute Gasteiger partial charge is 0.219 e. The molecule has 0 fully saturated rings. The molecule has 1 aromatic rings. The molecule has 0 aliphatic heterocycles. The van der Waals surface area contributed by atoms with Crippen LogP contribution >= 0.6 is 0 Å². The molecule has 1 aromatic carbocycles. The predicted molar refractivity (Wildman–Crippen MR) is 83.8 cm³/mol. The van der Waals surface area contributed by atoms with E-state index < -0.39 is 0 Å². The lowest BCUT2D eigenvalue weighted by molar-refractivity contribution is -0.120. The van der Waals surface area contributed by atoms with E-state index in [0.29, 0.717) is 19.4 Å². The maximum atomic E-state index is 11.2. The zero-order valence-electron chi connectivity index (χ0n) is 13.2. The molecule has 0 atom stereocenters. The fourth-order valence-corrected chi connectivity index (χ4v) is 1.88. The average molecular weight is 294 g/mol. The Hall–Kier alpha value is -1.75. The number of hydrogen-bond acceptors (Lipinski definition) is 4. The summed E-state index contributed by atoms with van der Waals surface area (Å²) in [4.78, 5) is 11.2. The molecule has 1 amide bonds. The van der Waals surface area contributed by atoms with E-state index in [2.05, 4.69) is 17.6 Å². The van der Waals surface area contributed by atoms with Crippen molar-refractivity contribution in [2.24, 2.45) is 0 Å². The third-order valence-corrected chi connectivity index (χ3v) is 3.10. The van der Waals surface area contributed by atoms with Gasteiger partial charge in [0.2, 0.25) is 5.91 Å². The van der Waals surface area contributed by atoms with E-state index in [4.69, 9.17) is 9.47 Å². The molecule has 5 nitrogen and oxygen atoms in total. The van der Waals surface area contributed by atoms with Crippen molar-refractivity contribution in [1.82, 2.24) is 10.6 Å². The molecule has 21 heavy (non-hydrogen) atoms. The van der Waals surface area contributed by atoms with Gasteiger partial charge in [-0.2, -0.15) is 0 Å². The van der Waals surface area contributed by atoms with Gasteiger partial charge in [0.05, 0.1) is 13.7 Å². The molecule has 0 aromatic heterocycles. The molecule has 0 spiro atoms. The van der Waals surface area contributed by atoms with Gasteiger partial charge in [0.1, 0.15) is 11.5 Å². The van der Waals surface area contributed by atoms with Gasteiger partial charge in [-0.3, -0.25) is 4.79 Å². The van der Waals surface area contributed by atoms with Crippen LogP contribution in [0.2, 0.25) is 0 Å². The molecular formula is C16H26N2O3. The van der Waals surface area contributed by atoms with Crippen molar-refractivity contribution in [2.75, 3.05) is 27.3 Å². The van der Waals surface area contributed by atoms with Crippen molar-refractivity contribution >= 4 is 5.91 Å². The number of ether oxygens (including phenoxy) is 2. The molecular weight excluding hydrogens is 268 g/mol. The molecule has 0 heterocycles. The normalized spacial score (nSPS) is 10.2. The number of carbonyl (C=O) groups excluding carboxylic acids is 1. The number of carbonyl (C=O) groups is 1. The van der Waals surface area contributed by atoms with E-state index >= 15 is 0 Å². The van der Waals surface area contributed by atoms with Gasteiger partial charge in [-0.15, -0.1) is 0 Å². The van der Waals surface area contributed by atoms with Gasteiger partial charge in [0, 0.05) is 31.6 Å². The molecule has 2 N–H and O–H groups in total. The average Bonchev–Trinajstić information content (AvgIpc) is 2.52. The Morgan fingerprint density at radius 3 is 2.81 bits per heavy atom. The maximum Gasteiger partial charge on any atom is 0.219 e. The second-order valence-electron chi connectivity index (χ2n) is 4.78. The summed E-state index contributed by atoms with van der Waals surface area (Å²) in [7, 11) is 3.28. The minimum atomic E-state index is 0.0362. The number of amides is 1. The Kier molecular flexibility index (Phi) is 8.28. The summed E-state index contributed by atoms with van der Waals surface area (Å²) in [6.07, 6.45) is 2.26. The first-order valence-corrected chi connectivity index (χ1v) is 7.42. The fraction of sp³-hybridized carbons (Fsp3) is 0.562. The quantitative estimate of drug-likeness (QED) is 0.649. The van der Waals surface area contributed by atoms with Crippen molar-refractivity contribution < 1.29 is 14.3 Å². The van der Waals surface area contributed by atoms with Gasteiger partial charge < -0.3 is 20.1 Å². The summed E-state index contributed by atoms with van der Waals surface area (Å²) >= 11 is 0. The van der Waals surface area contributed by atoms with Crippen molar-refractivity contribution in [3.05, 3.63) is 23.8 Å². The summed E-state index contributed by atoms with van der Waals surface area (Å²) in [6.45, 7) is 4.39. The van der Waals surface area contributed by atoms with Gasteiger partial charge in [-0.05, 0) is 25.5 Å². The van der Waals surface area contributed by atoms with Crippen molar-refractivity contribution in [3.63, 3.8) is 0 Å². The summed E-state index contributed by atoms with van der Waals surface area (Å²) in [6, 6.07) is 5.83. The number of nitrogens with one attached hydrogen (secondary N) is 2. The molecule has 0 saturated carbocycles. The lowest BCUT2D eigenvalue weighted by Crippen LogP contribution is -2.18. The Bertz CT molecular complexity index is 436. The van der Waals surface area contributed by atoms with E-state index in [-0.39, 0.29) is 5.91 Å².